The molecule has 0 atom stereocenters. The van der Waals surface area contributed by atoms with Gasteiger partial charge < -0.3 is 9.13 Å². The van der Waals surface area contributed by atoms with E-state index in [-0.39, 0.29) is 0 Å². The van der Waals surface area contributed by atoms with E-state index in [1.165, 1.54) is 12.1 Å². The Labute approximate surface area is 339 Å². The van der Waals surface area contributed by atoms with E-state index in [1.54, 1.807) is 6.92 Å². The molecule has 3 nitrogen and oxygen atoms in total. The first-order valence-electron chi connectivity index (χ1n) is 19.6. The number of halogens is 3. The molecular weight excluding hydrogens is 736 g/mol. The van der Waals surface area contributed by atoms with Crippen LogP contribution in [0.2, 0.25) is 0 Å². The van der Waals surface area contributed by atoms with Crippen LogP contribution in [0.25, 0.3) is 88.4 Å². The van der Waals surface area contributed by atoms with Crippen LogP contribution in [0.4, 0.5) is 13.2 Å². The van der Waals surface area contributed by atoms with Crippen molar-refractivity contribution in [2.75, 3.05) is 0 Å². The van der Waals surface area contributed by atoms with E-state index < -0.39 is 11.7 Å². The van der Waals surface area contributed by atoms with Crippen molar-refractivity contribution in [2.24, 2.45) is 0 Å². The normalized spacial score (nSPS) is 11.9. The molecule has 2 aromatic heterocycles. The highest BCUT2D eigenvalue weighted by Crippen LogP contribution is 2.45. The van der Waals surface area contributed by atoms with Crippen LogP contribution >= 0.6 is 0 Å². The summed E-state index contributed by atoms with van der Waals surface area (Å²) in [6.07, 6.45) is -4.58. The zero-order chi connectivity index (χ0) is 40.6. The van der Waals surface area contributed by atoms with E-state index in [4.69, 9.17) is 0 Å². The number of benzene rings is 8. The second-order valence-electron chi connectivity index (χ2n) is 15.4. The zero-order valence-electron chi connectivity index (χ0n) is 32.6. The molecule has 0 unspecified atom stereocenters. The fraction of sp³-hybridized carbons (Fsp3) is 0.0755. The van der Waals surface area contributed by atoms with Gasteiger partial charge in [-0.25, -0.2) is 0 Å². The molecule has 0 aliphatic heterocycles. The van der Waals surface area contributed by atoms with Crippen LogP contribution in [-0.2, 0) is 6.18 Å². The minimum absolute atomic E-state index is 0.382. The van der Waals surface area contributed by atoms with Crippen molar-refractivity contribution in [1.29, 1.82) is 5.26 Å². The van der Waals surface area contributed by atoms with Gasteiger partial charge in [0.15, 0.2) is 0 Å². The molecule has 0 saturated carbocycles. The lowest BCUT2D eigenvalue weighted by atomic mass is 9.94. The van der Waals surface area contributed by atoms with Crippen LogP contribution in [0.5, 0.6) is 0 Å². The first kappa shape index (κ1) is 36.0. The largest absolute Gasteiger partial charge is 0.416 e. The van der Waals surface area contributed by atoms with Crippen LogP contribution < -0.4 is 0 Å². The van der Waals surface area contributed by atoms with Gasteiger partial charge in [0.2, 0.25) is 0 Å². The molecule has 0 saturated heterocycles. The summed E-state index contributed by atoms with van der Waals surface area (Å²) in [6, 6.07) is 55.8. The summed E-state index contributed by atoms with van der Waals surface area (Å²) in [7, 11) is 0. The summed E-state index contributed by atoms with van der Waals surface area (Å²) in [6.45, 7) is 5.89. The molecule has 0 spiro atoms. The van der Waals surface area contributed by atoms with E-state index in [9.17, 15) is 18.4 Å². The highest BCUT2D eigenvalue weighted by atomic mass is 19.4. The van der Waals surface area contributed by atoms with E-state index in [2.05, 4.69) is 102 Å². The molecule has 59 heavy (non-hydrogen) atoms. The maximum absolute atomic E-state index is 14.7. The molecule has 0 bridgehead atoms. The highest BCUT2D eigenvalue weighted by molar-refractivity contribution is 6.13. The molecule has 0 amide bonds. The SMILES string of the molecule is Cc1cc(-c2c(-n3c4ccccc4c4cc(-c5ccccc5C)ccc43)cc(C#N)cc2-n2c3ccccc3c3cc(-c4ccccc4C)ccc32)cc(C(F)(F)F)c1. The summed E-state index contributed by atoms with van der Waals surface area (Å²) in [5.41, 5.74) is 12.5. The zero-order valence-corrected chi connectivity index (χ0v) is 32.6. The van der Waals surface area contributed by atoms with Crippen LogP contribution in [0.15, 0.2) is 164 Å². The lowest BCUT2D eigenvalue weighted by molar-refractivity contribution is -0.137. The van der Waals surface area contributed by atoms with Crippen molar-refractivity contribution in [3.63, 3.8) is 0 Å². The second-order valence-corrected chi connectivity index (χ2v) is 15.4. The average Bonchev–Trinajstić information content (AvgIpc) is 3.75. The van der Waals surface area contributed by atoms with Crippen LogP contribution in [0, 0.1) is 32.1 Å². The van der Waals surface area contributed by atoms with Crippen LogP contribution in [0.3, 0.4) is 0 Å². The van der Waals surface area contributed by atoms with Gasteiger partial charge in [-0.05, 0) is 126 Å². The van der Waals surface area contributed by atoms with Gasteiger partial charge >= 0.3 is 6.18 Å². The topological polar surface area (TPSA) is 33.6 Å². The number of rotatable bonds is 5. The Morgan fingerprint density at radius 1 is 0.458 bits per heavy atom. The number of alkyl halides is 3. The summed E-state index contributed by atoms with van der Waals surface area (Å²) in [5.74, 6) is 0. The third kappa shape index (κ3) is 5.89. The molecule has 10 rings (SSSR count). The molecule has 0 fully saturated rings. The second kappa shape index (κ2) is 13.6. The molecular formula is C53H36F3N3. The summed E-state index contributed by atoms with van der Waals surface area (Å²) >= 11 is 0. The summed E-state index contributed by atoms with van der Waals surface area (Å²) in [5, 5.41) is 14.7. The number of nitriles is 1. The van der Waals surface area contributed by atoms with Gasteiger partial charge in [-0.15, -0.1) is 0 Å². The average molecular weight is 772 g/mol. The highest BCUT2D eigenvalue weighted by Gasteiger charge is 2.32. The summed E-state index contributed by atoms with van der Waals surface area (Å²) in [4.78, 5) is 0. The van der Waals surface area contributed by atoms with Gasteiger partial charge in [-0.1, -0.05) is 103 Å². The predicted octanol–water partition coefficient (Wildman–Crippen LogP) is 14.7. The minimum atomic E-state index is -4.58. The number of aryl methyl sites for hydroxylation is 3. The molecule has 10 aromatic rings. The Bertz CT molecular complexity index is 3190. The number of fused-ring (bicyclic) bond motifs is 6. The number of aromatic nitrogens is 2. The number of hydrogen-bond acceptors (Lipinski definition) is 1. The standard InChI is InChI=1S/C53H36F3N3/c1-32-24-38(28-39(25-32)53(54,55)56)52-50(58-46-18-10-8-16-42(46)44-29-36(20-22-48(44)58)40-14-6-4-12-33(40)2)26-35(31-57)27-51(52)59-47-19-11-9-17-43(47)45-30-37(21-23-49(45)59)41-15-7-5-13-34(41)3/h4-30H,1-3H3. The fourth-order valence-corrected chi connectivity index (χ4v) is 9.01. The van der Waals surface area contributed by atoms with E-state index in [0.29, 0.717) is 33.6 Å². The van der Waals surface area contributed by atoms with Crippen molar-refractivity contribution in [1.82, 2.24) is 9.13 Å². The third-order valence-corrected chi connectivity index (χ3v) is 11.7. The van der Waals surface area contributed by atoms with Gasteiger partial charge in [0.25, 0.3) is 0 Å². The Kier molecular flexibility index (Phi) is 8.33. The van der Waals surface area contributed by atoms with Crippen molar-refractivity contribution in [3.05, 3.63) is 192 Å². The Hall–Kier alpha value is -7.36. The maximum Gasteiger partial charge on any atom is 0.416 e. The number of para-hydroxylation sites is 2. The van der Waals surface area contributed by atoms with E-state index >= 15 is 0 Å². The fourth-order valence-electron chi connectivity index (χ4n) is 9.01. The molecule has 284 valence electrons. The third-order valence-electron chi connectivity index (χ3n) is 11.7. The Balaban J connectivity index is 1.35. The van der Waals surface area contributed by atoms with E-state index in [0.717, 1.165) is 77.0 Å². The van der Waals surface area contributed by atoms with Gasteiger partial charge in [-0.2, -0.15) is 18.4 Å². The molecule has 0 N–H and O–H groups in total. The molecule has 2 heterocycles. The lowest BCUT2D eigenvalue weighted by Gasteiger charge is -2.22. The smallest absolute Gasteiger partial charge is 0.308 e. The molecule has 0 radical (unpaired) electrons. The van der Waals surface area contributed by atoms with Gasteiger partial charge in [-0.3, -0.25) is 0 Å². The van der Waals surface area contributed by atoms with Crippen molar-refractivity contribution >= 4 is 43.6 Å². The maximum atomic E-state index is 14.7. The van der Waals surface area contributed by atoms with Gasteiger partial charge in [0.1, 0.15) is 0 Å². The monoisotopic (exact) mass is 771 g/mol. The van der Waals surface area contributed by atoms with Gasteiger partial charge in [0, 0.05) is 27.1 Å². The summed E-state index contributed by atoms with van der Waals surface area (Å²) < 4.78 is 48.4. The van der Waals surface area contributed by atoms with Crippen molar-refractivity contribution < 1.29 is 13.2 Å². The van der Waals surface area contributed by atoms with Crippen molar-refractivity contribution in [3.8, 4) is 50.8 Å². The Morgan fingerprint density at radius 2 is 0.915 bits per heavy atom. The molecule has 0 aliphatic rings. The van der Waals surface area contributed by atoms with E-state index in [1.807, 2.05) is 78.9 Å². The Morgan fingerprint density at radius 3 is 1.39 bits per heavy atom. The first-order chi connectivity index (χ1) is 28.6. The molecule has 0 aliphatic carbocycles. The molecule has 8 aromatic carbocycles. The number of hydrogen-bond donors (Lipinski definition) is 0. The number of nitrogens with zero attached hydrogens (tertiary/aromatic N) is 3. The van der Waals surface area contributed by atoms with Crippen LogP contribution in [-0.4, -0.2) is 9.13 Å². The van der Waals surface area contributed by atoms with Crippen LogP contribution in [0.1, 0.15) is 27.8 Å². The first-order valence-corrected chi connectivity index (χ1v) is 19.6. The molecule has 6 heteroatoms. The minimum Gasteiger partial charge on any atom is -0.308 e. The van der Waals surface area contributed by atoms with Crippen molar-refractivity contribution in [2.45, 2.75) is 26.9 Å². The quantitative estimate of drug-likeness (QED) is 0.172. The predicted molar refractivity (Wildman–Crippen MR) is 235 cm³/mol. The lowest BCUT2D eigenvalue weighted by Crippen LogP contribution is -2.08. The van der Waals surface area contributed by atoms with Gasteiger partial charge in [0.05, 0.1) is 50.6 Å².